The maximum atomic E-state index is 13.4. The first kappa shape index (κ1) is 13.9. The molecule has 1 fully saturated rings. The SMILES string of the molecule is CCN1CCC[C@H]1CNC(=O)c1cc(F)ccc1F. The number of benzene rings is 1. The smallest absolute Gasteiger partial charge is 0.254 e. The van der Waals surface area contributed by atoms with Crippen molar-refractivity contribution in [2.75, 3.05) is 19.6 Å². The van der Waals surface area contributed by atoms with Gasteiger partial charge in [0.05, 0.1) is 5.56 Å². The first-order valence-corrected chi connectivity index (χ1v) is 6.59. The summed E-state index contributed by atoms with van der Waals surface area (Å²) in [5, 5.41) is 2.69. The maximum Gasteiger partial charge on any atom is 0.254 e. The number of halogens is 2. The van der Waals surface area contributed by atoms with Gasteiger partial charge in [0.1, 0.15) is 11.6 Å². The van der Waals surface area contributed by atoms with Crippen LogP contribution in [-0.4, -0.2) is 36.5 Å². The average molecular weight is 268 g/mol. The number of carbonyl (C=O) groups is 1. The highest BCUT2D eigenvalue weighted by atomic mass is 19.1. The van der Waals surface area contributed by atoms with E-state index in [1.165, 1.54) is 0 Å². The van der Waals surface area contributed by atoms with Gasteiger partial charge in [-0.05, 0) is 44.1 Å². The molecule has 2 rings (SSSR count). The summed E-state index contributed by atoms with van der Waals surface area (Å²) in [6.45, 7) is 4.52. The second-order valence-electron chi connectivity index (χ2n) is 4.76. The molecule has 0 bridgehead atoms. The number of likely N-dealkylation sites (N-methyl/N-ethyl adjacent to an activating group) is 1. The minimum Gasteiger partial charge on any atom is -0.350 e. The molecule has 0 spiro atoms. The van der Waals surface area contributed by atoms with Gasteiger partial charge in [-0.25, -0.2) is 8.78 Å². The number of nitrogens with one attached hydrogen (secondary N) is 1. The third-order valence-corrected chi connectivity index (χ3v) is 3.58. The van der Waals surface area contributed by atoms with Crippen LogP contribution in [0.1, 0.15) is 30.1 Å². The Balaban J connectivity index is 1.96. The van der Waals surface area contributed by atoms with Crippen molar-refractivity contribution in [3.05, 3.63) is 35.4 Å². The Morgan fingerprint density at radius 1 is 1.47 bits per heavy atom. The molecule has 0 saturated carbocycles. The predicted octanol–water partition coefficient (Wildman–Crippen LogP) is 2.18. The first-order valence-electron chi connectivity index (χ1n) is 6.59. The monoisotopic (exact) mass is 268 g/mol. The molecule has 0 unspecified atom stereocenters. The van der Waals surface area contributed by atoms with Gasteiger partial charge in [0.15, 0.2) is 0 Å². The third kappa shape index (κ3) is 3.29. The molecule has 1 aromatic carbocycles. The summed E-state index contributed by atoms with van der Waals surface area (Å²) in [6, 6.07) is 3.20. The van der Waals surface area contributed by atoms with Crippen molar-refractivity contribution in [1.29, 1.82) is 0 Å². The summed E-state index contributed by atoms with van der Waals surface area (Å²) < 4.78 is 26.4. The normalized spacial score (nSPS) is 19.6. The van der Waals surface area contributed by atoms with Crippen molar-refractivity contribution in [2.24, 2.45) is 0 Å². The fraction of sp³-hybridized carbons (Fsp3) is 0.500. The fourth-order valence-electron chi connectivity index (χ4n) is 2.52. The number of carbonyl (C=O) groups excluding carboxylic acids is 1. The largest absolute Gasteiger partial charge is 0.350 e. The Morgan fingerprint density at radius 2 is 2.26 bits per heavy atom. The van der Waals surface area contributed by atoms with Crippen LogP contribution in [0.5, 0.6) is 0 Å². The Bertz CT molecular complexity index is 465. The molecule has 1 aliphatic heterocycles. The van der Waals surface area contributed by atoms with Crippen LogP contribution in [0.15, 0.2) is 18.2 Å². The van der Waals surface area contributed by atoms with Crippen molar-refractivity contribution in [3.63, 3.8) is 0 Å². The molecule has 19 heavy (non-hydrogen) atoms. The fourth-order valence-corrected chi connectivity index (χ4v) is 2.52. The highest BCUT2D eigenvalue weighted by molar-refractivity contribution is 5.94. The second kappa shape index (κ2) is 6.10. The van der Waals surface area contributed by atoms with Gasteiger partial charge in [0.2, 0.25) is 0 Å². The van der Waals surface area contributed by atoms with Gasteiger partial charge in [0, 0.05) is 12.6 Å². The van der Waals surface area contributed by atoms with E-state index >= 15 is 0 Å². The molecular formula is C14H18F2N2O. The van der Waals surface area contributed by atoms with Gasteiger partial charge >= 0.3 is 0 Å². The van der Waals surface area contributed by atoms with Gasteiger partial charge in [-0.3, -0.25) is 9.69 Å². The summed E-state index contributed by atoms with van der Waals surface area (Å²) >= 11 is 0. The molecular weight excluding hydrogens is 250 g/mol. The lowest BCUT2D eigenvalue weighted by Gasteiger charge is -2.22. The highest BCUT2D eigenvalue weighted by Gasteiger charge is 2.23. The molecule has 1 atom stereocenters. The number of hydrogen-bond donors (Lipinski definition) is 1. The van der Waals surface area contributed by atoms with Crippen LogP contribution in [0.4, 0.5) is 8.78 Å². The summed E-state index contributed by atoms with van der Waals surface area (Å²) in [6.07, 6.45) is 2.14. The minimum absolute atomic E-state index is 0.235. The predicted molar refractivity (Wildman–Crippen MR) is 69.0 cm³/mol. The summed E-state index contributed by atoms with van der Waals surface area (Å²) in [5.74, 6) is -1.86. The van der Waals surface area contributed by atoms with Crippen molar-refractivity contribution in [3.8, 4) is 0 Å². The molecule has 0 aromatic heterocycles. The highest BCUT2D eigenvalue weighted by Crippen LogP contribution is 2.16. The van der Waals surface area contributed by atoms with Crippen molar-refractivity contribution >= 4 is 5.91 Å². The number of rotatable bonds is 4. The molecule has 1 aliphatic rings. The topological polar surface area (TPSA) is 32.3 Å². The lowest BCUT2D eigenvalue weighted by molar-refractivity contribution is 0.0937. The van der Waals surface area contributed by atoms with Crippen LogP contribution in [0.3, 0.4) is 0 Å². The van der Waals surface area contributed by atoms with E-state index in [4.69, 9.17) is 0 Å². The standard InChI is InChI=1S/C14H18F2N2O/c1-2-18-7-3-4-11(18)9-17-14(19)12-8-10(15)5-6-13(12)16/h5-6,8,11H,2-4,7,9H2,1H3,(H,17,19)/t11-/m0/s1. The molecule has 1 N–H and O–H groups in total. The summed E-state index contributed by atoms with van der Waals surface area (Å²) in [7, 11) is 0. The quantitative estimate of drug-likeness (QED) is 0.907. The minimum atomic E-state index is -0.697. The van der Waals surface area contributed by atoms with E-state index in [0.29, 0.717) is 12.6 Å². The molecule has 0 radical (unpaired) electrons. The first-order chi connectivity index (χ1) is 9.11. The lowest BCUT2D eigenvalue weighted by Crippen LogP contribution is -2.40. The van der Waals surface area contributed by atoms with E-state index in [9.17, 15) is 13.6 Å². The van der Waals surface area contributed by atoms with Crippen LogP contribution in [0.2, 0.25) is 0 Å². The van der Waals surface area contributed by atoms with Gasteiger partial charge in [0.25, 0.3) is 5.91 Å². The molecule has 0 aliphatic carbocycles. The van der Waals surface area contributed by atoms with Crippen LogP contribution in [0, 0.1) is 11.6 Å². The number of amides is 1. The van der Waals surface area contributed by atoms with E-state index < -0.39 is 17.5 Å². The zero-order valence-corrected chi connectivity index (χ0v) is 11.0. The zero-order chi connectivity index (χ0) is 13.8. The van der Waals surface area contributed by atoms with E-state index in [1.807, 2.05) is 0 Å². The van der Waals surface area contributed by atoms with E-state index in [0.717, 1.165) is 44.1 Å². The van der Waals surface area contributed by atoms with Crippen molar-refractivity contribution in [2.45, 2.75) is 25.8 Å². The van der Waals surface area contributed by atoms with Crippen LogP contribution < -0.4 is 5.32 Å². The van der Waals surface area contributed by atoms with E-state index in [2.05, 4.69) is 17.1 Å². The van der Waals surface area contributed by atoms with Crippen LogP contribution in [-0.2, 0) is 0 Å². The van der Waals surface area contributed by atoms with Crippen LogP contribution >= 0.6 is 0 Å². The van der Waals surface area contributed by atoms with E-state index in [1.54, 1.807) is 0 Å². The lowest BCUT2D eigenvalue weighted by atomic mass is 10.1. The Morgan fingerprint density at radius 3 is 3.00 bits per heavy atom. The van der Waals surface area contributed by atoms with Crippen molar-refractivity contribution < 1.29 is 13.6 Å². The summed E-state index contributed by atoms with van der Waals surface area (Å²) in [4.78, 5) is 14.1. The number of nitrogens with zero attached hydrogens (tertiary/aromatic N) is 1. The molecule has 1 amide bonds. The maximum absolute atomic E-state index is 13.4. The Labute approximate surface area is 111 Å². The second-order valence-corrected chi connectivity index (χ2v) is 4.76. The Hall–Kier alpha value is -1.49. The summed E-state index contributed by atoms with van der Waals surface area (Å²) in [5.41, 5.74) is -0.235. The molecule has 104 valence electrons. The van der Waals surface area contributed by atoms with Gasteiger partial charge < -0.3 is 5.32 Å². The number of hydrogen-bond acceptors (Lipinski definition) is 2. The van der Waals surface area contributed by atoms with Gasteiger partial charge in [-0.15, -0.1) is 0 Å². The van der Waals surface area contributed by atoms with Gasteiger partial charge in [-0.1, -0.05) is 6.92 Å². The molecule has 5 heteroatoms. The van der Waals surface area contributed by atoms with Crippen molar-refractivity contribution in [1.82, 2.24) is 10.2 Å². The molecule has 3 nitrogen and oxygen atoms in total. The number of likely N-dealkylation sites (tertiary alicyclic amines) is 1. The molecule has 1 saturated heterocycles. The molecule has 1 heterocycles. The average Bonchev–Trinajstić information content (AvgIpc) is 2.86. The molecule has 1 aromatic rings. The van der Waals surface area contributed by atoms with E-state index in [-0.39, 0.29) is 5.56 Å². The van der Waals surface area contributed by atoms with Crippen LogP contribution in [0.25, 0.3) is 0 Å². The van der Waals surface area contributed by atoms with Gasteiger partial charge in [-0.2, -0.15) is 0 Å². The zero-order valence-electron chi connectivity index (χ0n) is 11.0. The third-order valence-electron chi connectivity index (χ3n) is 3.58. The Kier molecular flexibility index (Phi) is 4.47.